The fourth-order valence-corrected chi connectivity index (χ4v) is 2.45. The lowest BCUT2D eigenvalue weighted by molar-refractivity contribution is -0.120. The molecular formula is C16H23FN2O2S. The van der Waals surface area contributed by atoms with Gasteiger partial charge in [0, 0.05) is 12.2 Å². The number of benzene rings is 1. The topological polar surface area (TPSA) is 58.2 Å². The Bertz CT molecular complexity index is 480. The van der Waals surface area contributed by atoms with Crippen LogP contribution in [0.15, 0.2) is 24.3 Å². The maximum absolute atomic E-state index is 12.8. The zero-order chi connectivity index (χ0) is 16.4. The van der Waals surface area contributed by atoms with Gasteiger partial charge in [-0.1, -0.05) is 19.8 Å². The van der Waals surface area contributed by atoms with Crippen LogP contribution in [0.3, 0.4) is 0 Å². The predicted molar refractivity (Wildman–Crippen MR) is 89.5 cm³/mol. The highest BCUT2D eigenvalue weighted by Crippen LogP contribution is 2.13. The van der Waals surface area contributed by atoms with Gasteiger partial charge in [-0.15, -0.1) is 11.8 Å². The molecule has 6 heteroatoms. The van der Waals surface area contributed by atoms with Crippen molar-refractivity contribution >= 4 is 29.3 Å². The van der Waals surface area contributed by atoms with Crippen LogP contribution in [0.25, 0.3) is 0 Å². The second-order valence-corrected chi connectivity index (χ2v) is 6.34. The van der Waals surface area contributed by atoms with Crippen LogP contribution in [-0.4, -0.2) is 29.4 Å². The number of amides is 2. The second-order valence-electron chi connectivity index (χ2n) is 5.01. The number of nitrogens with one attached hydrogen (secondary N) is 2. The third-order valence-corrected chi connectivity index (χ3v) is 4.18. The van der Waals surface area contributed by atoms with Gasteiger partial charge in [-0.2, -0.15) is 0 Å². The third-order valence-electron chi connectivity index (χ3n) is 3.04. The Kier molecular flexibility index (Phi) is 8.58. The van der Waals surface area contributed by atoms with E-state index in [1.165, 1.54) is 36.0 Å². The number of carbonyl (C=O) groups is 2. The van der Waals surface area contributed by atoms with Gasteiger partial charge in [-0.05, 0) is 37.6 Å². The van der Waals surface area contributed by atoms with Crippen LogP contribution in [0.1, 0.15) is 33.1 Å². The lowest BCUT2D eigenvalue weighted by atomic mass is 10.2. The maximum Gasteiger partial charge on any atom is 0.234 e. The number of unbranched alkanes of at least 4 members (excludes halogenated alkanes) is 2. The third kappa shape index (κ3) is 7.45. The van der Waals surface area contributed by atoms with E-state index < -0.39 is 0 Å². The van der Waals surface area contributed by atoms with Gasteiger partial charge in [0.15, 0.2) is 0 Å². The van der Waals surface area contributed by atoms with Gasteiger partial charge in [0.05, 0.1) is 11.0 Å². The van der Waals surface area contributed by atoms with Crippen LogP contribution in [0.4, 0.5) is 10.1 Å². The first kappa shape index (κ1) is 18.5. The summed E-state index contributed by atoms with van der Waals surface area (Å²) >= 11 is 1.28. The van der Waals surface area contributed by atoms with E-state index in [1.54, 1.807) is 6.92 Å². The van der Waals surface area contributed by atoms with Crippen LogP contribution in [-0.2, 0) is 9.59 Å². The van der Waals surface area contributed by atoms with Crippen molar-refractivity contribution in [1.29, 1.82) is 0 Å². The summed E-state index contributed by atoms with van der Waals surface area (Å²) in [5.41, 5.74) is 0.545. The van der Waals surface area contributed by atoms with E-state index in [9.17, 15) is 14.0 Å². The van der Waals surface area contributed by atoms with Crippen LogP contribution in [0, 0.1) is 5.82 Å². The summed E-state index contributed by atoms with van der Waals surface area (Å²) in [7, 11) is 0. The first-order valence-electron chi connectivity index (χ1n) is 7.47. The Hall–Kier alpha value is -1.56. The first-order valence-corrected chi connectivity index (χ1v) is 8.52. The number of carbonyl (C=O) groups excluding carboxylic acids is 2. The fraction of sp³-hybridized carbons (Fsp3) is 0.500. The molecule has 2 N–H and O–H groups in total. The average molecular weight is 326 g/mol. The molecule has 0 fully saturated rings. The molecule has 1 atom stereocenters. The van der Waals surface area contributed by atoms with Crippen molar-refractivity contribution in [3.8, 4) is 0 Å². The van der Waals surface area contributed by atoms with Gasteiger partial charge in [0.25, 0.3) is 0 Å². The number of rotatable bonds is 9. The zero-order valence-electron chi connectivity index (χ0n) is 13.0. The van der Waals surface area contributed by atoms with E-state index in [-0.39, 0.29) is 28.6 Å². The molecule has 0 spiro atoms. The SMILES string of the molecule is CCCCCNC(=O)C(C)SCC(=O)Nc1ccc(F)cc1. The van der Waals surface area contributed by atoms with Crippen molar-refractivity contribution in [2.45, 2.75) is 38.4 Å². The van der Waals surface area contributed by atoms with Crippen LogP contribution >= 0.6 is 11.8 Å². The summed E-state index contributed by atoms with van der Waals surface area (Å²) in [6.45, 7) is 4.57. The van der Waals surface area contributed by atoms with Crippen molar-refractivity contribution in [2.24, 2.45) is 0 Å². The molecule has 0 aliphatic rings. The van der Waals surface area contributed by atoms with Gasteiger partial charge < -0.3 is 10.6 Å². The lowest BCUT2D eigenvalue weighted by Crippen LogP contribution is -2.32. The Balaban J connectivity index is 2.24. The molecule has 0 bridgehead atoms. The molecule has 0 heterocycles. The van der Waals surface area contributed by atoms with Crippen LogP contribution < -0.4 is 10.6 Å². The summed E-state index contributed by atoms with van der Waals surface area (Å²) in [5.74, 6) is -0.417. The summed E-state index contributed by atoms with van der Waals surface area (Å²) in [5, 5.41) is 5.25. The molecule has 0 aliphatic heterocycles. The average Bonchev–Trinajstić information content (AvgIpc) is 2.51. The van der Waals surface area contributed by atoms with E-state index in [2.05, 4.69) is 17.6 Å². The quantitative estimate of drug-likeness (QED) is 0.685. The molecule has 22 heavy (non-hydrogen) atoms. The maximum atomic E-state index is 12.8. The summed E-state index contributed by atoms with van der Waals surface area (Å²) in [4.78, 5) is 23.6. The minimum absolute atomic E-state index is 0.0457. The van der Waals surface area contributed by atoms with E-state index >= 15 is 0 Å². The van der Waals surface area contributed by atoms with E-state index in [0.717, 1.165) is 19.3 Å². The number of hydrogen-bond acceptors (Lipinski definition) is 3. The molecule has 1 aromatic carbocycles. The summed E-state index contributed by atoms with van der Waals surface area (Å²) in [6, 6.07) is 5.58. The van der Waals surface area contributed by atoms with Crippen molar-refractivity contribution in [3.63, 3.8) is 0 Å². The standard InChI is InChI=1S/C16H23FN2O2S/c1-3-4-5-10-18-16(21)12(2)22-11-15(20)19-14-8-6-13(17)7-9-14/h6-9,12H,3-5,10-11H2,1-2H3,(H,18,21)(H,19,20). The van der Waals surface area contributed by atoms with E-state index in [4.69, 9.17) is 0 Å². The van der Waals surface area contributed by atoms with E-state index in [0.29, 0.717) is 12.2 Å². The molecular weight excluding hydrogens is 303 g/mol. The van der Waals surface area contributed by atoms with Crippen molar-refractivity contribution in [1.82, 2.24) is 5.32 Å². The normalized spacial score (nSPS) is 11.8. The van der Waals surface area contributed by atoms with Crippen molar-refractivity contribution in [3.05, 3.63) is 30.1 Å². The largest absolute Gasteiger partial charge is 0.355 e. The monoisotopic (exact) mass is 326 g/mol. The molecule has 0 radical (unpaired) electrons. The molecule has 1 aromatic rings. The number of anilines is 1. The molecule has 0 saturated heterocycles. The second kappa shape index (κ2) is 10.2. The molecule has 0 saturated carbocycles. The molecule has 0 aromatic heterocycles. The highest BCUT2D eigenvalue weighted by molar-refractivity contribution is 8.01. The molecule has 1 rings (SSSR count). The van der Waals surface area contributed by atoms with Crippen LogP contribution in [0.2, 0.25) is 0 Å². The molecule has 2 amide bonds. The molecule has 4 nitrogen and oxygen atoms in total. The first-order chi connectivity index (χ1) is 10.5. The Labute approximate surface area is 135 Å². The van der Waals surface area contributed by atoms with Gasteiger partial charge in [0.2, 0.25) is 11.8 Å². The Morgan fingerprint density at radius 3 is 2.55 bits per heavy atom. The summed E-state index contributed by atoms with van der Waals surface area (Å²) < 4.78 is 12.8. The Morgan fingerprint density at radius 1 is 1.23 bits per heavy atom. The van der Waals surface area contributed by atoms with Gasteiger partial charge in [-0.3, -0.25) is 9.59 Å². The zero-order valence-corrected chi connectivity index (χ0v) is 13.8. The molecule has 1 unspecified atom stereocenters. The van der Waals surface area contributed by atoms with Gasteiger partial charge in [0.1, 0.15) is 5.82 Å². The fourth-order valence-electron chi connectivity index (χ4n) is 1.74. The highest BCUT2D eigenvalue weighted by atomic mass is 32.2. The highest BCUT2D eigenvalue weighted by Gasteiger charge is 2.14. The van der Waals surface area contributed by atoms with Crippen LogP contribution in [0.5, 0.6) is 0 Å². The lowest BCUT2D eigenvalue weighted by Gasteiger charge is -2.12. The smallest absolute Gasteiger partial charge is 0.234 e. The van der Waals surface area contributed by atoms with Crippen molar-refractivity contribution in [2.75, 3.05) is 17.6 Å². The Morgan fingerprint density at radius 2 is 1.91 bits per heavy atom. The number of hydrogen-bond donors (Lipinski definition) is 2. The minimum Gasteiger partial charge on any atom is -0.355 e. The predicted octanol–water partition coefficient (Wildman–Crippen LogP) is 3.19. The van der Waals surface area contributed by atoms with Crippen molar-refractivity contribution < 1.29 is 14.0 Å². The molecule has 0 aliphatic carbocycles. The minimum atomic E-state index is -0.347. The number of thioether (sulfide) groups is 1. The van der Waals surface area contributed by atoms with Gasteiger partial charge >= 0.3 is 0 Å². The van der Waals surface area contributed by atoms with E-state index in [1.807, 2.05) is 0 Å². The number of halogens is 1. The molecule has 122 valence electrons. The summed E-state index contributed by atoms with van der Waals surface area (Å²) in [6.07, 6.45) is 3.19. The van der Waals surface area contributed by atoms with Gasteiger partial charge in [-0.25, -0.2) is 4.39 Å².